The molecule has 0 aromatic carbocycles. The van der Waals surface area contributed by atoms with Crippen molar-refractivity contribution < 1.29 is 9.59 Å². The van der Waals surface area contributed by atoms with Crippen LogP contribution in [0.3, 0.4) is 0 Å². The van der Waals surface area contributed by atoms with Crippen molar-refractivity contribution in [3.05, 3.63) is 0 Å². The molecule has 0 atom stereocenters. The number of amides is 2. The molecule has 0 aromatic rings. The topological polar surface area (TPSA) is 52.7 Å². The monoisotopic (exact) mass is 309 g/mol. The summed E-state index contributed by atoms with van der Waals surface area (Å²) in [5, 5.41) is 2.95. The van der Waals surface area contributed by atoms with Crippen molar-refractivity contribution in [2.24, 2.45) is 11.8 Å². The molecule has 1 aliphatic carbocycles. The van der Waals surface area contributed by atoms with Gasteiger partial charge in [0.15, 0.2) is 0 Å². The Morgan fingerprint density at radius 3 is 2.27 bits per heavy atom. The van der Waals surface area contributed by atoms with Crippen LogP contribution in [0, 0.1) is 11.8 Å². The minimum Gasteiger partial charge on any atom is -0.355 e. The third-order valence-corrected chi connectivity index (χ3v) is 4.71. The van der Waals surface area contributed by atoms with Gasteiger partial charge in [-0.1, -0.05) is 33.1 Å². The summed E-state index contributed by atoms with van der Waals surface area (Å²) < 4.78 is 0. The molecule has 22 heavy (non-hydrogen) atoms. The number of carbonyl (C=O) groups is 2. The van der Waals surface area contributed by atoms with E-state index in [1.165, 1.54) is 19.3 Å². The fourth-order valence-electron chi connectivity index (χ4n) is 3.31. The Kier molecular flexibility index (Phi) is 6.68. The van der Waals surface area contributed by atoms with Crippen LogP contribution < -0.4 is 5.32 Å². The number of hydrogen-bond donors (Lipinski definition) is 1. The first-order valence-electron chi connectivity index (χ1n) is 8.84. The van der Waals surface area contributed by atoms with Crippen molar-refractivity contribution in [3.8, 4) is 0 Å². The summed E-state index contributed by atoms with van der Waals surface area (Å²) in [5.74, 6) is 1.19. The van der Waals surface area contributed by atoms with Crippen LogP contribution in [0.1, 0.15) is 46.0 Å². The minimum absolute atomic E-state index is 0.0979. The van der Waals surface area contributed by atoms with Gasteiger partial charge in [0.1, 0.15) is 0 Å². The number of nitrogens with one attached hydrogen (secondary N) is 1. The molecule has 0 aromatic heterocycles. The fraction of sp³-hybridized carbons (Fsp3) is 0.882. The largest absolute Gasteiger partial charge is 0.355 e. The highest BCUT2D eigenvalue weighted by atomic mass is 16.2. The zero-order valence-electron chi connectivity index (χ0n) is 14.1. The minimum atomic E-state index is 0.0979. The molecular formula is C17H31N3O2. The van der Waals surface area contributed by atoms with Crippen LogP contribution in [-0.4, -0.2) is 60.9 Å². The molecule has 2 amide bonds. The standard InChI is InChI=1S/C17H31N3O2/c1-14(2)12-18-16(21)13-19-8-10-20(11-9-19)17(22)15-6-4-3-5-7-15/h14-15H,3-13H2,1-2H3,(H,18,21). The van der Waals surface area contributed by atoms with E-state index < -0.39 is 0 Å². The second-order valence-electron chi connectivity index (χ2n) is 7.13. The van der Waals surface area contributed by atoms with Crippen LogP contribution in [0.2, 0.25) is 0 Å². The van der Waals surface area contributed by atoms with E-state index in [0.29, 0.717) is 18.4 Å². The SMILES string of the molecule is CC(C)CNC(=O)CN1CCN(C(=O)C2CCCCC2)CC1. The molecule has 126 valence electrons. The van der Waals surface area contributed by atoms with Crippen LogP contribution in [-0.2, 0) is 9.59 Å². The van der Waals surface area contributed by atoms with Gasteiger partial charge in [-0.25, -0.2) is 0 Å². The molecule has 1 saturated heterocycles. The van der Waals surface area contributed by atoms with E-state index in [9.17, 15) is 9.59 Å². The number of nitrogens with zero attached hydrogens (tertiary/aromatic N) is 2. The molecule has 1 heterocycles. The molecule has 5 nitrogen and oxygen atoms in total. The first-order chi connectivity index (χ1) is 10.6. The zero-order chi connectivity index (χ0) is 15.9. The second-order valence-corrected chi connectivity index (χ2v) is 7.13. The summed E-state index contributed by atoms with van der Waals surface area (Å²) in [6, 6.07) is 0. The molecule has 2 rings (SSSR count). The highest BCUT2D eigenvalue weighted by Crippen LogP contribution is 2.25. The Morgan fingerprint density at radius 2 is 1.68 bits per heavy atom. The van der Waals surface area contributed by atoms with E-state index >= 15 is 0 Å². The maximum Gasteiger partial charge on any atom is 0.234 e. The maximum absolute atomic E-state index is 12.5. The van der Waals surface area contributed by atoms with Crippen molar-refractivity contribution in [2.75, 3.05) is 39.3 Å². The van der Waals surface area contributed by atoms with E-state index in [0.717, 1.165) is 45.6 Å². The number of hydrogen-bond acceptors (Lipinski definition) is 3. The van der Waals surface area contributed by atoms with Gasteiger partial charge in [-0.2, -0.15) is 0 Å². The number of carbonyl (C=O) groups excluding carboxylic acids is 2. The molecule has 0 bridgehead atoms. The van der Waals surface area contributed by atoms with Gasteiger partial charge in [-0.3, -0.25) is 14.5 Å². The molecule has 5 heteroatoms. The molecule has 1 N–H and O–H groups in total. The average Bonchev–Trinajstić information content (AvgIpc) is 2.54. The first-order valence-corrected chi connectivity index (χ1v) is 8.84. The lowest BCUT2D eigenvalue weighted by Crippen LogP contribution is -2.52. The predicted octanol–water partition coefficient (Wildman–Crippen LogP) is 1.48. The van der Waals surface area contributed by atoms with Crippen LogP contribution >= 0.6 is 0 Å². The van der Waals surface area contributed by atoms with Gasteiger partial charge in [0, 0.05) is 38.6 Å². The van der Waals surface area contributed by atoms with Crippen molar-refractivity contribution in [3.63, 3.8) is 0 Å². The van der Waals surface area contributed by atoms with Gasteiger partial charge in [-0.05, 0) is 18.8 Å². The maximum atomic E-state index is 12.5. The highest BCUT2D eigenvalue weighted by Gasteiger charge is 2.28. The van der Waals surface area contributed by atoms with E-state index in [-0.39, 0.29) is 11.8 Å². The molecule has 2 fully saturated rings. The van der Waals surface area contributed by atoms with E-state index in [1.54, 1.807) is 0 Å². The summed E-state index contributed by atoms with van der Waals surface area (Å²) in [6.07, 6.45) is 5.81. The lowest BCUT2D eigenvalue weighted by molar-refractivity contribution is -0.138. The van der Waals surface area contributed by atoms with Gasteiger partial charge >= 0.3 is 0 Å². The van der Waals surface area contributed by atoms with Crippen LogP contribution in [0.25, 0.3) is 0 Å². The van der Waals surface area contributed by atoms with Crippen molar-refractivity contribution in [2.45, 2.75) is 46.0 Å². The smallest absolute Gasteiger partial charge is 0.234 e. The summed E-state index contributed by atoms with van der Waals surface area (Å²) in [6.45, 7) is 8.55. The van der Waals surface area contributed by atoms with Gasteiger partial charge in [-0.15, -0.1) is 0 Å². The number of piperazine rings is 1. The molecule has 1 aliphatic heterocycles. The molecule has 0 unspecified atom stereocenters. The van der Waals surface area contributed by atoms with Crippen molar-refractivity contribution >= 4 is 11.8 Å². The van der Waals surface area contributed by atoms with Crippen LogP contribution in [0.5, 0.6) is 0 Å². The van der Waals surface area contributed by atoms with Crippen LogP contribution in [0.4, 0.5) is 0 Å². The number of rotatable bonds is 5. The third kappa shape index (κ3) is 5.27. The Balaban J connectivity index is 1.68. The summed E-state index contributed by atoms with van der Waals surface area (Å²) in [5.41, 5.74) is 0. The lowest BCUT2D eigenvalue weighted by atomic mass is 9.88. The van der Waals surface area contributed by atoms with Gasteiger partial charge in [0.05, 0.1) is 6.54 Å². The van der Waals surface area contributed by atoms with E-state index in [2.05, 4.69) is 24.1 Å². The molecule has 0 spiro atoms. The lowest BCUT2D eigenvalue weighted by Gasteiger charge is -2.36. The summed E-state index contributed by atoms with van der Waals surface area (Å²) in [4.78, 5) is 28.5. The van der Waals surface area contributed by atoms with Crippen molar-refractivity contribution in [1.29, 1.82) is 0 Å². The Bertz CT molecular complexity index is 370. The summed E-state index contributed by atoms with van der Waals surface area (Å²) >= 11 is 0. The zero-order valence-corrected chi connectivity index (χ0v) is 14.1. The van der Waals surface area contributed by atoms with Gasteiger partial charge in [0.2, 0.25) is 11.8 Å². The fourth-order valence-corrected chi connectivity index (χ4v) is 3.31. The van der Waals surface area contributed by atoms with Gasteiger partial charge < -0.3 is 10.2 Å². The second kappa shape index (κ2) is 8.51. The van der Waals surface area contributed by atoms with Gasteiger partial charge in [0.25, 0.3) is 0 Å². The van der Waals surface area contributed by atoms with E-state index in [1.807, 2.05) is 4.90 Å². The Morgan fingerprint density at radius 1 is 1.05 bits per heavy atom. The molecule has 0 radical (unpaired) electrons. The summed E-state index contributed by atoms with van der Waals surface area (Å²) in [7, 11) is 0. The predicted molar refractivity (Wildman–Crippen MR) is 87.4 cm³/mol. The normalized spacial score (nSPS) is 21.1. The first kappa shape index (κ1) is 17.3. The average molecular weight is 309 g/mol. The quantitative estimate of drug-likeness (QED) is 0.837. The molecule has 2 aliphatic rings. The molecular weight excluding hydrogens is 278 g/mol. The van der Waals surface area contributed by atoms with Crippen LogP contribution in [0.15, 0.2) is 0 Å². The Hall–Kier alpha value is -1.10. The Labute approximate surface area is 134 Å². The third-order valence-electron chi connectivity index (χ3n) is 4.71. The highest BCUT2D eigenvalue weighted by molar-refractivity contribution is 5.79. The van der Waals surface area contributed by atoms with Crippen molar-refractivity contribution in [1.82, 2.24) is 15.1 Å². The molecule has 1 saturated carbocycles. The van der Waals surface area contributed by atoms with E-state index in [4.69, 9.17) is 0 Å².